The SMILES string of the molecule is O=S(Cl)CC1=CC=CCC1. The topological polar surface area (TPSA) is 17.1 Å². The monoisotopic (exact) mass is 176 g/mol. The maximum absolute atomic E-state index is 10.5. The lowest BCUT2D eigenvalue weighted by molar-refractivity contribution is 0.691. The van der Waals surface area contributed by atoms with Gasteiger partial charge in [-0.1, -0.05) is 23.8 Å². The smallest absolute Gasteiger partial charge is 0.119 e. The highest BCUT2D eigenvalue weighted by molar-refractivity contribution is 8.08. The van der Waals surface area contributed by atoms with E-state index in [0.29, 0.717) is 5.75 Å². The van der Waals surface area contributed by atoms with Crippen LogP contribution in [-0.4, -0.2) is 9.96 Å². The van der Waals surface area contributed by atoms with Crippen LogP contribution in [0.25, 0.3) is 0 Å². The van der Waals surface area contributed by atoms with Crippen LogP contribution in [-0.2, 0) is 10.0 Å². The second-order valence-corrected chi connectivity index (χ2v) is 4.13. The van der Waals surface area contributed by atoms with Gasteiger partial charge >= 0.3 is 0 Å². The van der Waals surface area contributed by atoms with Crippen LogP contribution in [0.3, 0.4) is 0 Å². The average molecular weight is 177 g/mol. The van der Waals surface area contributed by atoms with Crippen molar-refractivity contribution < 1.29 is 4.21 Å². The number of hydrogen-bond donors (Lipinski definition) is 0. The molecule has 56 valence electrons. The highest BCUT2D eigenvalue weighted by Gasteiger charge is 2.01. The Balaban J connectivity index is 2.47. The number of rotatable bonds is 2. The third-order valence-corrected chi connectivity index (χ3v) is 2.32. The molecule has 1 atom stereocenters. The summed E-state index contributed by atoms with van der Waals surface area (Å²) in [6.07, 6.45) is 8.14. The number of allylic oxidation sites excluding steroid dienone is 3. The molecule has 1 aliphatic rings. The van der Waals surface area contributed by atoms with E-state index in [-0.39, 0.29) is 0 Å². The van der Waals surface area contributed by atoms with Crippen LogP contribution in [0.2, 0.25) is 0 Å². The second-order valence-electron chi connectivity index (χ2n) is 2.23. The lowest BCUT2D eigenvalue weighted by atomic mass is 10.1. The van der Waals surface area contributed by atoms with Gasteiger partial charge in [-0.15, -0.1) is 0 Å². The fraction of sp³-hybridized carbons (Fsp3) is 0.429. The normalized spacial score (nSPS) is 20.3. The highest BCUT2D eigenvalue weighted by Crippen LogP contribution is 2.13. The zero-order valence-electron chi connectivity index (χ0n) is 5.55. The van der Waals surface area contributed by atoms with Gasteiger partial charge in [-0.05, 0) is 23.5 Å². The predicted molar refractivity (Wildman–Crippen MR) is 45.3 cm³/mol. The minimum Gasteiger partial charge on any atom is -0.242 e. The van der Waals surface area contributed by atoms with Gasteiger partial charge in [-0.2, -0.15) is 0 Å². The van der Waals surface area contributed by atoms with Gasteiger partial charge in [0.05, 0.1) is 5.75 Å². The molecule has 3 heteroatoms. The summed E-state index contributed by atoms with van der Waals surface area (Å²) < 4.78 is 10.5. The average Bonchev–Trinajstić information content (AvgIpc) is 1.88. The van der Waals surface area contributed by atoms with Crippen molar-refractivity contribution >= 4 is 20.7 Å². The third kappa shape index (κ3) is 2.67. The molecular formula is C7H9ClOS. The Bertz CT molecular complexity index is 196. The van der Waals surface area contributed by atoms with Crippen LogP contribution in [0.1, 0.15) is 12.8 Å². The van der Waals surface area contributed by atoms with Crippen LogP contribution in [0, 0.1) is 0 Å². The molecule has 0 aromatic heterocycles. The van der Waals surface area contributed by atoms with Crippen molar-refractivity contribution in [1.82, 2.24) is 0 Å². The molecule has 1 aliphatic carbocycles. The molecule has 0 heterocycles. The maximum atomic E-state index is 10.5. The van der Waals surface area contributed by atoms with Gasteiger partial charge in [0.2, 0.25) is 0 Å². The zero-order chi connectivity index (χ0) is 7.40. The molecule has 0 amide bonds. The minimum absolute atomic E-state index is 0.520. The van der Waals surface area contributed by atoms with Gasteiger partial charge in [0.1, 0.15) is 10.0 Å². The molecule has 0 N–H and O–H groups in total. The van der Waals surface area contributed by atoms with Crippen molar-refractivity contribution in [3.05, 3.63) is 23.8 Å². The maximum Gasteiger partial charge on any atom is 0.119 e. The molecule has 0 radical (unpaired) electrons. The third-order valence-electron chi connectivity index (χ3n) is 1.40. The summed E-state index contributed by atoms with van der Waals surface area (Å²) in [5.74, 6) is 0.520. The fourth-order valence-corrected chi connectivity index (χ4v) is 1.87. The first-order valence-electron chi connectivity index (χ1n) is 3.18. The summed E-state index contributed by atoms with van der Waals surface area (Å²) in [6, 6.07) is 0. The fourth-order valence-electron chi connectivity index (χ4n) is 0.918. The molecule has 1 unspecified atom stereocenters. The molecule has 0 aromatic rings. The van der Waals surface area contributed by atoms with Crippen molar-refractivity contribution in [2.45, 2.75) is 12.8 Å². The highest BCUT2D eigenvalue weighted by atomic mass is 35.7. The molecule has 0 bridgehead atoms. The second kappa shape index (κ2) is 3.94. The Morgan fingerprint density at radius 2 is 2.50 bits per heavy atom. The molecule has 0 saturated heterocycles. The van der Waals surface area contributed by atoms with Gasteiger partial charge < -0.3 is 0 Å². The molecule has 0 spiro atoms. The lowest BCUT2D eigenvalue weighted by Gasteiger charge is -2.04. The van der Waals surface area contributed by atoms with E-state index in [9.17, 15) is 4.21 Å². The number of hydrogen-bond acceptors (Lipinski definition) is 1. The van der Waals surface area contributed by atoms with Crippen molar-refractivity contribution in [2.75, 3.05) is 5.75 Å². The summed E-state index contributed by atoms with van der Waals surface area (Å²) in [5.41, 5.74) is 1.19. The molecule has 0 fully saturated rings. The van der Waals surface area contributed by atoms with Crippen LogP contribution >= 0.6 is 10.7 Å². The first-order chi connectivity index (χ1) is 4.79. The Morgan fingerprint density at radius 1 is 1.70 bits per heavy atom. The van der Waals surface area contributed by atoms with E-state index >= 15 is 0 Å². The predicted octanol–water partition coefficient (Wildman–Crippen LogP) is 2.17. The van der Waals surface area contributed by atoms with Crippen LogP contribution in [0.5, 0.6) is 0 Å². The van der Waals surface area contributed by atoms with Crippen molar-refractivity contribution in [1.29, 1.82) is 0 Å². The van der Waals surface area contributed by atoms with Crippen molar-refractivity contribution in [3.8, 4) is 0 Å². The van der Waals surface area contributed by atoms with Crippen LogP contribution < -0.4 is 0 Å². The summed E-state index contributed by atoms with van der Waals surface area (Å²) >= 11 is 0. The van der Waals surface area contributed by atoms with E-state index in [2.05, 4.69) is 6.08 Å². The quantitative estimate of drug-likeness (QED) is 0.590. The summed E-state index contributed by atoms with van der Waals surface area (Å²) in [5, 5.41) is 0. The zero-order valence-corrected chi connectivity index (χ0v) is 7.12. The van der Waals surface area contributed by atoms with Crippen LogP contribution in [0.4, 0.5) is 0 Å². The van der Waals surface area contributed by atoms with E-state index < -0.39 is 10.0 Å². The Labute approximate surface area is 67.7 Å². The van der Waals surface area contributed by atoms with E-state index in [1.165, 1.54) is 5.57 Å². The first kappa shape index (κ1) is 8.02. The van der Waals surface area contributed by atoms with Gasteiger partial charge in [0.25, 0.3) is 0 Å². The standard InChI is InChI=1S/C7H9ClOS/c8-10(9)6-7-4-2-1-3-5-7/h1-2,4H,3,5-6H2. The van der Waals surface area contributed by atoms with E-state index in [0.717, 1.165) is 12.8 Å². The van der Waals surface area contributed by atoms with E-state index in [1.807, 2.05) is 12.2 Å². The molecule has 0 aliphatic heterocycles. The van der Waals surface area contributed by atoms with E-state index in [1.54, 1.807) is 0 Å². The van der Waals surface area contributed by atoms with E-state index in [4.69, 9.17) is 10.7 Å². The Kier molecular flexibility index (Phi) is 3.16. The summed E-state index contributed by atoms with van der Waals surface area (Å²) in [4.78, 5) is 0. The Morgan fingerprint density at radius 3 is 3.00 bits per heavy atom. The number of halogens is 1. The molecular weight excluding hydrogens is 168 g/mol. The van der Waals surface area contributed by atoms with Crippen molar-refractivity contribution in [3.63, 3.8) is 0 Å². The largest absolute Gasteiger partial charge is 0.242 e. The lowest BCUT2D eigenvalue weighted by Crippen LogP contribution is -1.96. The molecule has 0 aromatic carbocycles. The molecule has 10 heavy (non-hydrogen) atoms. The van der Waals surface area contributed by atoms with Gasteiger partial charge in [0, 0.05) is 0 Å². The van der Waals surface area contributed by atoms with Gasteiger partial charge in [0.15, 0.2) is 0 Å². The molecule has 0 saturated carbocycles. The first-order valence-corrected chi connectivity index (χ1v) is 5.33. The molecule has 1 nitrogen and oxygen atoms in total. The van der Waals surface area contributed by atoms with Gasteiger partial charge in [-0.3, -0.25) is 0 Å². The summed E-state index contributed by atoms with van der Waals surface area (Å²) in [6.45, 7) is 0. The van der Waals surface area contributed by atoms with Crippen molar-refractivity contribution in [2.24, 2.45) is 0 Å². The Hall–Kier alpha value is -0.0800. The summed E-state index contributed by atoms with van der Waals surface area (Å²) in [7, 11) is 4.13. The van der Waals surface area contributed by atoms with Gasteiger partial charge in [-0.25, -0.2) is 4.21 Å². The molecule has 1 rings (SSSR count). The minimum atomic E-state index is -1.19. The van der Waals surface area contributed by atoms with Crippen LogP contribution in [0.15, 0.2) is 23.8 Å².